The summed E-state index contributed by atoms with van der Waals surface area (Å²) in [5.74, 6) is -0.656. The van der Waals surface area contributed by atoms with Gasteiger partial charge in [-0.05, 0) is 53.4 Å². The molecule has 2 aromatic heterocycles. The van der Waals surface area contributed by atoms with Gasteiger partial charge in [0.05, 0.1) is 16.1 Å². The van der Waals surface area contributed by atoms with Crippen molar-refractivity contribution in [1.82, 2.24) is 9.78 Å². The summed E-state index contributed by atoms with van der Waals surface area (Å²) >= 11 is 1.36. The molecule has 0 radical (unpaired) electrons. The lowest BCUT2D eigenvalue weighted by atomic mass is 10.2. The topological polar surface area (TPSA) is 73.2 Å². The number of hydrogen-bond acceptors (Lipinski definition) is 5. The fourth-order valence-electron chi connectivity index (χ4n) is 2.72. The van der Waals surface area contributed by atoms with Gasteiger partial charge in [-0.3, -0.25) is 4.79 Å². The summed E-state index contributed by atoms with van der Waals surface area (Å²) in [7, 11) is 0. The van der Waals surface area contributed by atoms with E-state index in [-0.39, 0.29) is 12.5 Å². The van der Waals surface area contributed by atoms with Crippen LogP contribution in [0.4, 0.5) is 5.69 Å². The Balaban J connectivity index is 1.36. The van der Waals surface area contributed by atoms with Crippen LogP contribution in [0.15, 0.2) is 84.5 Å². The van der Waals surface area contributed by atoms with E-state index in [4.69, 9.17) is 4.74 Å². The van der Waals surface area contributed by atoms with Crippen molar-refractivity contribution >= 4 is 28.9 Å². The lowest BCUT2D eigenvalue weighted by Crippen LogP contribution is -2.11. The van der Waals surface area contributed by atoms with Crippen LogP contribution in [-0.2, 0) is 11.3 Å². The van der Waals surface area contributed by atoms with E-state index in [1.54, 1.807) is 41.2 Å². The van der Waals surface area contributed by atoms with Gasteiger partial charge in [0.2, 0.25) is 0 Å². The van der Waals surface area contributed by atoms with Gasteiger partial charge in [0, 0.05) is 18.1 Å². The van der Waals surface area contributed by atoms with Crippen LogP contribution >= 0.6 is 11.3 Å². The van der Waals surface area contributed by atoms with Crippen molar-refractivity contribution in [3.63, 3.8) is 0 Å². The molecule has 0 aliphatic heterocycles. The molecule has 4 rings (SSSR count). The molecule has 29 heavy (non-hydrogen) atoms. The van der Waals surface area contributed by atoms with Gasteiger partial charge in [0.15, 0.2) is 0 Å². The number of hydrogen-bond donors (Lipinski definition) is 1. The molecule has 1 N–H and O–H groups in total. The Kier molecular flexibility index (Phi) is 5.49. The van der Waals surface area contributed by atoms with E-state index in [0.717, 1.165) is 11.3 Å². The van der Waals surface area contributed by atoms with Crippen LogP contribution in [0.5, 0.6) is 0 Å². The summed E-state index contributed by atoms with van der Waals surface area (Å²) in [6.45, 7) is 0.157. The van der Waals surface area contributed by atoms with Crippen molar-refractivity contribution in [3.8, 4) is 5.69 Å². The number of carbonyl (C=O) groups excluding carboxylic acids is 2. The molecular formula is C22H17N3O3S. The zero-order chi connectivity index (χ0) is 20.1. The minimum absolute atomic E-state index is 0.157. The van der Waals surface area contributed by atoms with Crippen LogP contribution < -0.4 is 5.32 Å². The highest BCUT2D eigenvalue weighted by Crippen LogP contribution is 2.16. The predicted octanol–water partition coefficient (Wildman–Crippen LogP) is 4.54. The number of amides is 1. The average Bonchev–Trinajstić information content (AvgIpc) is 3.47. The van der Waals surface area contributed by atoms with Crippen LogP contribution in [0.25, 0.3) is 5.69 Å². The molecule has 0 aliphatic rings. The molecule has 2 aromatic carbocycles. The second kappa shape index (κ2) is 8.53. The van der Waals surface area contributed by atoms with Crippen molar-refractivity contribution in [3.05, 3.63) is 101 Å². The molecule has 0 spiro atoms. The number of thiophene rings is 1. The highest BCUT2D eigenvalue weighted by atomic mass is 32.1. The molecule has 0 aliphatic carbocycles. The first-order valence-corrected chi connectivity index (χ1v) is 9.78. The monoisotopic (exact) mass is 403 g/mol. The van der Waals surface area contributed by atoms with Crippen molar-refractivity contribution in [2.24, 2.45) is 0 Å². The summed E-state index contributed by atoms with van der Waals surface area (Å²) in [5.41, 5.74) is 2.72. The van der Waals surface area contributed by atoms with E-state index >= 15 is 0 Å². The number of nitrogens with zero attached hydrogens (tertiary/aromatic N) is 2. The van der Waals surface area contributed by atoms with Gasteiger partial charge in [-0.2, -0.15) is 5.10 Å². The molecule has 144 valence electrons. The standard InChI is InChI=1S/C22H17N3O3S/c26-21(20-6-2-13-29-20)24-18-5-1-4-17(14-18)22(27)28-15-16-7-9-19(10-8-16)25-12-3-11-23-25/h1-14H,15H2,(H,24,26). The summed E-state index contributed by atoms with van der Waals surface area (Å²) in [6.07, 6.45) is 3.58. The van der Waals surface area contributed by atoms with E-state index in [1.165, 1.54) is 11.3 Å². The molecule has 0 atom stereocenters. The Hall–Kier alpha value is -3.71. The van der Waals surface area contributed by atoms with Crippen LogP contribution in [0.3, 0.4) is 0 Å². The molecule has 1 amide bonds. The molecule has 0 fully saturated rings. The number of ether oxygens (including phenoxy) is 1. The van der Waals surface area contributed by atoms with E-state index in [1.807, 2.05) is 48.0 Å². The lowest BCUT2D eigenvalue weighted by Gasteiger charge is -2.08. The normalized spacial score (nSPS) is 10.5. The number of benzene rings is 2. The van der Waals surface area contributed by atoms with Crippen molar-refractivity contribution in [1.29, 1.82) is 0 Å². The Morgan fingerprint density at radius 2 is 1.90 bits per heavy atom. The third-order valence-corrected chi connectivity index (χ3v) is 5.04. The predicted molar refractivity (Wildman–Crippen MR) is 111 cm³/mol. The van der Waals surface area contributed by atoms with Gasteiger partial charge in [-0.25, -0.2) is 9.48 Å². The maximum absolute atomic E-state index is 12.4. The molecule has 0 saturated heterocycles. The SMILES string of the molecule is O=C(OCc1ccc(-n2cccn2)cc1)c1cccc(NC(=O)c2cccs2)c1. The van der Waals surface area contributed by atoms with Gasteiger partial charge < -0.3 is 10.1 Å². The Morgan fingerprint density at radius 3 is 2.62 bits per heavy atom. The number of nitrogens with one attached hydrogen (secondary N) is 1. The quantitative estimate of drug-likeness (QED) is 0.480. The minimum Gasteiger partial charge on any atom is -0.457 e. The first-order chi connectivity index (χ1) is 14.2. The van der Waals surface area contributed by atoms with Crippen LogP contribution in [-0.4, -0.2) is 21.7 Å². The number of rotatable bonds is 6. The van der Waals surface area contributed by atoms with Gasteiger partial charge in [0.25, 0.3) is 5.91 Å². The van der Waals surface area contributed by atoms with Crippen LogP contribution in [0.1, 0.15) is 25.6 Å². The minimum atomic E-state index is -0.451. The number of aromatic nitrogens is 2. The number of anilines is 1. The van der Waals surface area contributed by atoms with E-state index in [0.29, 0.717) is 16.1 Å². The van der Waals surface area contributed by atoms with Crippen molar-refractivity contribution < 1.29 is 14.3 Å². The highest BCUT2D eigenvalue weighted by molar-refractivity contribution is 7.12. The van der Waals surface area contributed by atoms with Crippen molar-refractivity contribution in [2.75, 3.05) is 5.32 Å². The summed E-state index contributed by atoms with van der Waals surface area (Å²) < 4.78 is 7.16. The summed E-state index contributed by atoms with van der Waals surface area (Å²) in [4.78, 5) is 25.2. The molecular weight excluding hydrogens is 386 g/mol. The fourth-order valence-corrected chi connectivity index (χ4v) is 3.34. The highest BCUT2D eigenvalue weighted by Gasteiger charge is 2.11. The lowest BCUT2D eigenvalue weighted by molar-refractivity contribution is 0.0472. The molecule has 7 heteroatoms. The maximum atomic E-state index is 12.4. The Morgan fingerprint density at radius 1 is 1.03 bits per heavy atom. The smallest absolute Gasteiger partial charge is 0.338 e. The molecule has 6 nitrogen and oxygen atoms in total. The average molecular weight is 403 g/mol. The molecule has 4 aromatic rings. The first kappa shape index (κ1) is 18.6. The summed E-state index contributed by atoms with van der Waals surface area (Å²) in [5, 5.41) is 8.80. The number of carbonyl (C=O) groups is 2. The zero-order valence-corrected chi connectivity index (χ0v) is 16.1. The third-order valence-electron chi connectivity index (χ3n) is 4.18. The van der Waals surface area contributed by atoms with Crippen LogP contribution in [0, 0.1) is 0 Å². The van der Waals surface area contributed by atoms with Crippen molar-refractivity contribution in [2.45, 2.75) is 6.61 Å². The van der Waals surface area contributed by atoms with E-state index in [2.05, 4.69) is 10.4 Å². The van der Waals surface area contributed by atoms with Gasteiger partial charge in [0.1, 0.15) is 6.61 Å². The number of esters is 1. The fraction of sp³-hybridized carbons (Fsp3) is 0.0455. The Labute approximate surface area is 171 Å². The molecule has 0 saturated carbocycles. The van der Waals surface area contributed by atoms with E-state index < -0.39 is 5.97 Å². The largest absolute Gasteiger partial charge is 0.457 e. The third kappa shape index (κ3) is 4.59. The second-order valence-electron chi connectivity index (χ2n) is 6.21. The zero-order valence-electron chi connectivity index (χ0n) is 15.3. The molecule has 2 heterocycles. The van der Waals surface area contributed by atoms with Gasteiger partial charge >= 0.3 is 5.97 Å². The van der Waals surface area contributed by atoms with Gasteiger partial charge in [-0.1, -0.05) is 24.3 Å². The maximum Gasteiger partial charge on any atom is 0.338 e. The molecule has 0 bridgehead atoms. The van der Waals surface area contributed by atoms with E-state index in [9.17, 15) is 9.59 Å². The molecule has 0 unspecified atom stereocenters. The summed E-state index contributed by atoms with van der Waals surface area (Å²) in [6, 6.07) is 19.7. The first-order valence-electron chi connectivity index (χ1n) is 8.90. The second-order valence-corrected chi connectivity index (χ2v) is 7.15. The van der Waals surface area contributed by atoms with Crippen LogP contribution in [0.2, 0.25) is 0 Å². The Bertz CT molecular complexity index is 1100. The van der Waals surface area contributed by atoms with Gasteiger partial charge in [-0.15, -0.1) is 11.3 Å².